The fourth-order valence-corrected chi connectivity index (χ4v) is 4.38. The second-order valence-corrected chi connectivity index (χ2v) is 9.05. The first-order valence-corrected chi connectivity index (χ1v) is 10.6. The Labute approximate surface area is 191 Å². The molecule has 0 saturated carbocycles. The van der Waals surface area contributed by atoms with Crippen molar-refractivity contribution in [3.63, 3.8) is 0 Å². The second kappa shape index (κ2) is 8.38. The summed E-state index contributed by atoms with van der Waals surface area (Å²) in [5.41, 5.74) is -1.27. The Morgan fingerprint density at radius 3 is 2.75 bits per heavy atom. The normalized spacial score (nSPS) is 22.2. The molecule has 2 aromatic rings. The fraction of sp³-hybridized carbons (Fsp3) is 0.333. The van der Waals surface area contributed by atoms with Gasteiger partial charge in [0.05, 0.1) is 18.7 Å². The van der Waals surface area contributed by atoms with Crippen molar-refractivity contribution in [3.8, 4) is 17.7 Å². The maximum absolute atomic E-state index is 13.4. The highest BCUT2D eigenvalue weighted by Gasteiger charge is 2.48. The number of nitriles is 1. The van der Waals surface area contributed by atoms with Gasteiger partial charge >= 0.3 is 0 Å². The lowest BCUT2D eigenvalue weighted by Gasteiger charge is -2.46. The molecular formula is C24H22ClN3O4. The van der Waals surface area contributed by atoms with Crippen LogP contribution in [0.2, 0.25) is 5.02 Å². The van der Waals surface area contributed by atoms with E-state index in [1.807, 2.05) is 6.07 Å². The number of nitrogens with zero attached hydrogens (tertiary/aromatic N) is 3. The number of ketones is 1. The zero-order valence-corrected chi connectivity index (χ0v) is 18.6. The van der Waals surface area contributed by atoms with E-state index in [2.05, 4.69) is 4.98 Å². The van der Waals surface area contributed by atoms with E-state index in [1.165, 1.54) is 0 Å². The highest BCUT2D eigenvalue weighted by molar-refractivity contribution is 6.30. The first kappa shape index (κ1) is 22.0. The van der Waals surface area contributed by atoms with E-state index >= 15 is 0 Å². The van der Waals surface area contributed by atoms with Crippen molar-refractivity contribution in [2.24, 2.45) is 5.41 Å². The number of morpholine rings is 1. The number of pyridine rings is 1. The molecule has 7 nitrogen and oxygen atoms in total. The summed E-state index contributed by atoms with van der Waals surface area (Å²) < 4.78 is 11.9. The average molecular weight is 452 g/mol. The van der Waals surface area contributed by atoms with Crippen LogP contribution in [0.15, 0.2) is 54.2 Å². The molecule has 1 saturated heterocycles. The summed E-state index contributed by atoms with van der Waals surface area (Å²) in [6, 6.07) is 12.1. The molecule has 1 spiro atoms. The molecule has 32 heavy (non-hydrogen) atoms. The van der Waals surface area contributed by atoms with Crippen molar-refractivity contribution in [3.05, 3.63) is 64.8 Å². The second-order valence-electron chi connectivity index (χ2n) is 8.61. The Bertz CT molecular complexity index is 1140. The number of ether oxygens (including phenoxy) is 2. The summed E-state index contributed by atoms with van der Waals surface area (Å²) in [6.45, 7) is 4.48. The molecule has 2 aliphatic rings. The van der Waals surface area contributed by atoms with Crippen LogP contribution in [-0.2, 0) is 9.53 Å². The van der Waals surface area contributed by atoms with Crippen molar-refractivity contribution in [2.75, 3.05) is 19.7 Å². The van der Waals surface area contributed by atoms with Gasteiger partial charge in [-0.3, -0.25) is 9.59 Å². The number of rotatable bonds is 3. The van der Waals surface area contributed by atoms with Crippen molar-refractivity contribution >= 4 is 23.3 Å². The van der Waals surface area contributed by atoms with Crippen LogP contribution in [0.1, 0.15) is 30.6 Å². The largest absolute Gasteiger partial charge is 0.438 e. The minimum absolute atomic E-state index is 0.0729. The van der Waals surface area contributed by atoms with Gasteiger partial charge in [-0.05, 0) is 48.9 Å². The lowest BCUT2D eigenvalue weighted by Crippen LogP contribution is -2.57. The number of allylic oxidation sites excluding steroid dienone is 1. The molecule has 0 bridgehead atoms. The van der Waals surface area contributed by atoms with E-state index in [-0.39, 0.29) is 29.7 Å². The van der Waals surface area contributed by atoms with E-state index in [1.54, 1.807) is 67.4 Å². The molecule has 8 heteroatoms. The number of aromatic nitrogens is 1. The van der Waals surface area contributed by atoms with E-state index < -0.39 is 11.0 Å². The highest BCUT2D eigenvalue weighted by atomic mass is 35.5. The molecule has 1 amide bonds. The molecule has 164 valence electrons. The summed E-state index contributed by atoms with van der Waals surface area (Å²) >= 11 is 5.93. The maximum atomic E-state index is 13.4. The first-order chi connectivity index (χ1) is 15.2. The van der Waals surface area contributed by atoms with Gasteiger partial charge in [0.25, 0.3) is 5.91 Å². The summed E-state index contributed by atoms with van der Waals surface area (Å²) in [7, 11) is 0. The number of amides is 1. The van der Waals surface area contributed by atoms with Crippen LogP contribution < -0.4 is 4.74 Å². The minimum atomic E-state index is -0.893. The van der Waals surface area contributed by atoms with Crippen molar-refractivity contribution in [1.29, 1.82) is 5.26 Å². The SMILES string of the molecule is CC1(C)CC2(C=C(C#N)C1=O)CN(C(=O)c1cccnc1Oc1ccc(Cl)cc1)CCO2. The summed E-state index contributed by atoms with van der Waals surface area (Å²) in [5, 5.41) is 10.0. The van der Waals surface area contributed by atoms with Gasteiger partial charge < -0.3 is 14.4 Å². The smallest absolute Gasteiger partial charge is 0.259 e. The first-order valence-electron chi connectivity index (χ1n) is 10.2. The Kier molecular flexibility index (Phi) is 5.76. The van der Waals surface area contributed by atoms with Crippen LogP contribution in [-0.4, -0.2) is 46.9 Å². The number of carbonyl (C=O) groups excluding carboxylic acids is 2. The Morgan fingerprint density at radius 2 is 2.03 bits per heavy atom. The number of carbonyl (C=O) groups is 2. The molecule has 1 unspecified atom stereocenters. The predicted octanol–water partition coefficient (Wildman–Crippen LogP) is 4.19. The molecule has 0 radical (unpaired) electrons. The summed E-state index contributed by atoms with van der Waals surface area (Å²) in [4.78, 5) is 31.9. The number of halogens is 1. The topological polar surface area (TPSA) is 92.5 Å². The van der Waals surface area contributed by atoms with Gasteiger partial charge in [-0.15, -0.1) is 0 Å². The molecule has 1 aliphatic heterocycles. The third kappa shape index (κ3) is 4.24. The highest BCUT2D eigenvalue weighted by Crippen LogP contribution is 2.41. The Morgan fingerprint density at radius 1 is 1.28 bits per heavy atom. The lowest BCUT2D eigenvalue weighted by molar-refractivity contribution is -0.134. The van der Waals surface area contributed by atoms with Crippen LogP contribution in [0.5, 0.6) is 11.6 Å². The van der Waals surface area contributed by atoms with Crippen molar-refractivity contribution < 1.29 is 19.1 Å². The van der Waals surface area contributed by atoms with Crippen molar-refractivity contribution in [2.45, 2.75) is 25.9 Å². The van der Waals surface area contributed by atoms with Gasteiger partial charge in [0, 0.05) is 23.2 Å². The van der Waals surface area contributed by atoms with Gasteiger partial charge in [0.1, 0.15) is 23.0 Å². The standard InChI is InChI=1S/C24H22ClN3O4/c1-23(2)14-24(12-16(13-26)20(23)29)15-28(10-11-31-24)22(30)19-4-3-9-27-21(19)32-18-7-5-17(25)6-8-18/h3-9,12H,10-11,14-15H2,1-2H3. The predicted molar refractivity (Wildman–Crippen MR) is 117 cm³/mol. The Hall–Kier alpha value is -3.21. The summed E-state index contributed by atoms with van der Waals surface area (Å²) in [5.74, 6) is 0.234. The van der Waals surface area contributed by atoms with Crippen LogP contribution in [0.25, 0.3) is 0 Å². The fourth-order valence-electron chi connectivity index (χ4n) is 4.25. The van der Waals surface area contributed by atoms with E-state index in [0.29, 0.717) is 35.9 Å². The van der Waals surface area contributed by atoms with Gasteiger partial charge in [-0.25, -0.2) is 4.98 Å². The maximum Gasteiger partial charge on any atom is 0.259 e. The number of hydrogen-bond acceptors (Lipinski definition) is 6. The van der Waals surface area contributed by atoms with Crippen LogP contribution in [0, 0.1) is 16.7 Å². The third-order valence-corrected chi connectivity index (χ3v) is 5.91. The minimum Gasteiger partial charge on any atom is -0.438 e. The Balaban J connectivity index is 1.61. The molecule has 4 rings (SSSR count). The molecule has 1 aromatic carbocycles. The molecule has 1 atom stereocenters. The number of hydrogen-bond donors (Lipinski definition) is 0. The van der Waals surface area contributed by atoms with Gasteiger partial charge in [0.2, 0.25) is 5.88 Å². The van der Waals surface area contributed by atoms with Crippen molar-refractivity contribution in [1.82, 2.24) is 9.88 Å². The van der Waals surface area contributed by atoms with Gasteiger partial charge in [-0.2, -0.15) is 5.26 Å². The molecular weight excluding hydrogens is 430 g/mol. The van der Waals surface area contributed by atoms with Gasteiger partial charge in [0.15, 0.2) is 5.78 Å². The van der Waals surface area contributed by atoms with Crippen LogP contribution >= 0.6 is 11.6 Å². The molecule has 1 aromatic heterocycles. The molecule has 2 heterocycles. The van der Waals surface area contributed by atoms with Crippen LogP contribution in [0.3, 0.4) is 0 Å². The monoisotopic (exact) mass is 451 g/mol. The third-order valence-electron chi connectivity index (χ3n) is 5.65. The molecule has 1 fully saturated rings. The van der Waals surface area contributed by atoms with Gasteiger partial charge in [-0.1, -0.05) is 25.4 Å². The number of benzene rings is 1. The number of Topliss-reactive ketones (excluding diaryl/α,β-unsaturated/α-hetero) is 1. The van der Waals surface area contributed by atoms with Crippen LogP contribution in [0.4, 0.5) is 0 Å². The quantitative estimate of drug-likeness (QED) is 0.694. The van der Waals surface area contributed by atoms with E-state index in [9.17, 15) is 14.9 Å². The zero-order chi connectivity index (χ0) is 22.9. The van der Waals surface area contributed by atoms with E-state index in [0.717, 1.165) is 0 Å². The zero-order valence-electron chi connectivity index (χ0n) is 17.8. The van der Waals surface area contributed by atoms with E-state index in [4.69, 9.17) is 21.1 Å². The lowest BCUT2D eigenvalue weighted by atomic mass is 9.69. The summed E-state index contributed by atoms with van der Waals surface area (Å²) in [6.07, 6.45) is 3.52. The molecule has 1 aliphatic carbocycles. The average Bonchev–Trinajstić information content (AvgIpc) is 2.77. The molecule has 0 N–H and O–H groups in total.